The first-order valence-corrected chi connectivity index (χ1v) is 9.98. The molecule has 0 saturated carbocycles. The molecule has 0 N–H and O–H groups in total. The molecule has 1 aliphatic heterocycles. The Balaban J connectivity index is 1.83. The molecule has 138 valence electrons. The highest BCUT2D eigenvalue weighted by molar-refractivity contribution is 7.91. The highest BCUT2D eigenvalue weighted by atomic mass is 32.2. The van der Waals surface area contributed by atoms with Crippen LogP contribution >= 0.6 is 0 Å². The lowest BCUT2D eigenvalue weighted by Crippen LogP contribution is -2.03. The number of aromatic nitrogens is 2. The lowest BCUT2D eigenvalue weighted by atomic mass is 10.2. The number of rotatable bonds is 3. The van der Waals surface area contributed by atoms with Crippen LogP contribution in [0.15, 0.2) is 52.4 Å². The normalized spacial score (nSPS) is 12.9. The predicted octanol–water partition coefficient (Wildman–Crippen LogP) is 3.97. The topological polar surface area (TPSA) is 73.5 Å². The van der Waals surface area contributed by atoms with Gasteiger partial charge in [-0.25, -0.2) is 12.8 Å². The Morgan fingerprint density at radius 3 is 2.59 bits per heavy atom. The van der Waals surface area contributed by atoms with E-state index >= 15 is 0 Å². The van der Waals surface area contributed by atoms with Gasteiger partial charge in [0.25, 0.3) is 0 Å². The van der Waals surface area contributed by atoms with Crippen LogP contribution < -0.4 is 4.74 Å². The Kier molecular flexibility index (Phi) is 4.07. The van der Waals surface area contributed by atoms with E-state index in [2.05, 4.69) is 10.1 Å². The third-order valence-electron chi connectivity index (χ3n) is 4.34. The summed E-state index contributed by atoms with van der Waals surface area (Å²) >= 11 is 0. The van der Waals surface area contributed by atoms with Crippen molar-refractivity contribution in [2.45, 2.75) is 18.7 Å². The van der Waals surface area contributed by atoms with Crippen molar-refractivity contribution in [3.05, 3.63) is 59.5 Å². The summed E-state index contributed by atoms with van der Waals surface area (Å²) in [5.74, 6) is 0.525. The Bertz CT molecular complexity index is 1170. The maximum atomic E-state index is 13.2. The Morgan fingerprint density at radius 2 is 1.89 bits per heavy atom. The van der Waals surface area contributed by atoms with Crippen molar-refractivity contribution in [1.82, 2.24) is 9.78 Å². The molecule has 0 saturated heterocycles. The molecule has 8 heteroatoms. The second kappa shape index (κ2) is 6.31. The SMILES string of the molecule is CCS(=O)(=O)c1ccc2c(c1)N=Cc1c(C)nn(-c3ccc(F)cc3)c1O2. The average molecular weight is 385 g/mol. The van der Waals surface area contributed by atoms with E-state index in [1.807, 2.05) is 6.92 Å². The number of aryl methyl sites for hydroxylation is 1. The molecule has 0 bridgehead atoms. The number of ether oxygens (including phenoxy) is 1. The van der Waals surface area contributed by atoms with Gasteiger partial charge >= 0.3 is 0 Å². The molecular weight excluding hydrogens is 369 g/mol. The summed E-state index contributed by atoms with van der Waals surface area (Å²) in [7, 11) is -3.34. The molecular formula is C19H16FN3O3S. The Hall–Kier alpha value is -3.00. The second-order valence-corrected chi connectivity index (χ2v) is 8.36. The molecule has 0 spiro atoms. The fraction of sp³-hybridized carbons (Fsp3) is 0.158. The minimum absolute atomic E-state index is 0.00915. The van der Waals surface area contributed by atoms with Crippen LogP contribution in [0.4, 0.5) is 10.1 Å². The summed E-state index contributed by atoms with van der Waals surface area (Å²) in [5, 5.41) is 4.46. The van der Waals surface area contributed by atoms with E-state index in [4.69, 9.17) is 4.74 Å². The predicted molar refractivity (Wildman–Crippen MR) is 99.8 cm³/mol. The van der Waals surface area contributed by atoms with Gasteiger partial charge in [-0.3, -0.25) is 4.99 Å². The van der Waals surface area contributed by atoms with E-state index in [1.54, 1.807) is 36.0 Å². The average Bonchev–Trinajstić information content (AvgIpc) is 2.85. The van der Waals surface area contributed by atoms with Crippen LogP contribution in [-0.2, 0) is 9.84 Å². The zero-order chi connectivity index (χ0) is 19.2. The van der Waals surface area contributed by atoms with Crippen molar-refractivity contribution in [1.29, 1.82) is 0 Å². The number of aliphatic imine (C=N–C) groups is 1. The maximum absolute atomic E-state index is 13.2. The number of benzene rings is 2. The largest absolute Gasteiger partial charge is 0.436 e. The first kappa shape index (κ1) is 17.4. The van der Waals surface area contributed by atoms with E-state index in [9.17, 15) is 12.8 Å². The molecule has 0 fully saturated rings. The zero-order valence-corrected chi connectivity index (χ0v) is 15.5. The fourth-order valence-electron chi connectivity index (χ4n) is 2.81. The molecule has 0 amide bonds. The summed E-state index contributed by atoms with van der Waals surface area (Å²) in [6, 6.07) is 10.5. The van der Waals surface area contributed by atoms with Gasteiger partial charge in [0.15, 0.2) is 15.6 Å². The molecule has 0 unspecified atom stereocenters. The number of hydrogen-bond acceptors (Lipinski definition) is 5. The van der Waals surface area contributed by atoms with Crippen molar-refractivity contribution in [3.8, 4) is 17.3 Å². The highest BCUT2D eigenvalue weighted by Gasteiger charge is 2.23. The fourth-order valence-corrected chi connectivity index (χ4v) is 3.70. The smallest absolute Gasteiger partial charge is 0.231 e. The van der Waals surface area contributed by atoms with E-state index in [-0.39, 0.29) is 16.5 Å². The molecule has 1 aromatic heterocycles. The minimum Gasteiger partial charge on any atom is -0.436 e. The minimum atomic E-state index is -3.34. The van der Waals surface area contributed by atoms with Gasteiger partial charge in [-0.1, -0.05) is 6.92 Å². The second-order valence-electron chi connectivity index (χ2n) is 6.09. The Morgan fingerprint density at radius 1 is 1.15 bits per heavy atom. The maximum Gasteiger partial charge on any atom is 0.231 e. The first-order chi connectivity index (χ1) is 12.9. The van der Waals surface area contributed by atoms with Crippen molar-refractivity contribution in [2.24, 2.45) is 4.99 Å². The standard InChI is InChI=1S/C19H16FN3O3S/c1-3-27(24,25)15-8-9-18-17(10-15)21-11-16-12(2)22-23(19(16)26-18)14-6-4-13(20)5-7-14/h4-11H,3H2,1-2H3. The van der Waals surface area contributed by atoms with Crippen LogP contribution in [0.1, 0.15) is 18.2 Å². The van der Waals surface area contributed by atoms with Gasteiger partial charge in [0.05, 0.1) is 27.6 Å². The van der Waals surface area contributed by atoms with E-state index in [0.29, 0.717) is 34.3 Å². The molecule has 0 aliphatic carbocycles. The monoisotopic (exact) mass is 385 g/mol. The van der Waals surface area contributed by atoms with Gasteiger partial charge in [0.1, 0.15) is 11.5 Å². The summed E-state index contributed by atoms with van der Waals surface area (Å²) < 4.78 is 45.1. The number of halogens is 1. The van der Waals surface area contributed by atoms with Crippen molar-refractivity contribution in [3.63, 3.8) is 0 Å². The number of fused-ring (bicyclic) bond motifs is 2. The number of nitrogens with zero attached hydrogens (tertiary/aromatic N) is 3. The summed E-state index contributed by atoms with van der Waals surface area (Å²) in [6.07, 6.45) is 1.60. The van der Waals surface area contributed by atoms with Gasteiger partial charge in [0, 0.05) is 6.21 Å². The third kappa shape index (κ3) is 3.02. The van der Waals surface area contributed by atoms with E-state index in [0.717, 1.165) is 0 Å². The lowest BCUT2D eigenvalue weighted by Gasteiger charge is -2.11. The molecule has 2 heterocycles. The quantitative estimate of drug-likeness (QED) is 0.535. The van der Waals surface area contributed by atoms with Gasteiger partial charge < -0.3 is 4.74 Å². The lowest BCUT2D eigenvalue weighted by molar-refractivity contribution is 0.446. The van der Waals surface area contributed by atoms with Crippen molar-refractivity contribution in [2.75, 3.05) is 5.75 Å². The first-order valence-electron chi connectivity index (χ1n) is 8.33. The van der Waals surface area contributed by atoms with Gasteiger partial charge in [-0.15, -0.1) is 0 Å². The van der Waals surface area contributed by atoms with E-state index < -0.39 is 9.84 Å². The van der Waals surface area contributed by atoms with Crippen LogP contribution in [0.2, 0.25) is 0 Å². The van der Waals surface area contributed by atoms with Gasteiger partial charge in [0.2, 0.25) is 5.88 Å². The van der Waals surface area contributed by atoms with E-state index in [1.165, 1.54) is 24.3 Å². The molecule has 6 nitrogen and oxygen atoms in total. The van der Waals surface area contributed by atoms with Crippen LogP contribution in [0.3, 0.4) is 0 Å². The molecule has 0 radical (unpaired) electrons. The van der Waals surface area contributed by atoms with Gasteiger partial charge in [-0.05, 0) is 49.4 Å². The summed E-state index contributed by atoms with van der Waals surface area (Å²) in [5.41, 5.74) is 2.43. The highest BCUT2D eigenvalue weighted by Crippen LogP contribution is 2.39. The summed E-state index contributed by atoms with van der Waals surface area (Å²) in [6.45, 7) is 3.41. The van der Waals surface area contributed by atoms with Crippen molar-refractivity contribution < 1.29 is 17.5 Å². The number of hydrogen-bond donors (Lipinski definition) is 0. The van der Waals surface area contributed by atoms with Crippen LogP contribution in [0.25, 0.3) is 5.69 Å². The molecule has 2 aromatic carbocycles. The Labute approximate surface area is 155 Å². The molecule has 0 atom stereocenters. The zero-order valence-electron chi connectivity index (χ0n) is 14.7. The third-order valence-corrected chi connectivity index (χ3v) is 6.07. The molecule has 1 aliphatic rings. The molecule has 27 heavy (non-hydrogen) atoms. The van der Waals surface area contributed by atoms with Crippen molar-refractivity contribution >= 4 is 21.7 Å². The van der Waals surface area contributed by atoms with Crippen LogP contribution in [-0.4, -0.2) is 30.2 Å². The molecule has 4 rings (SSSR count). The molecule has 3 aromatic rings. The van der Waals surface area contributed by atoms with Crippen LogP contribution in [0, 0.1) is 12.7 Å². The van der Waals surface area contributed by atoms with Gasteiger partial charge in [-0.2, -0.15) is 9.78 Å². The number of sulfone groups is 1. The van der Waals surface area contributed by atoms with Crippen LogP contribution in [0.5, 0.6) is 11.6 Å². The summed E-state index contributed by atoms with van der Waals surface area (Å²) in [4.78, 5) is 4.59.